The molecule has 0 bridgehead atoms. The SMILES string of the molecule is CCNC(=NCCCCOCC)NCCc1nc(-c2cccc(Cl)c2)no1. The van der Waals surface area contributed by atoms with E-state index in [-0.39, 0.29) is 0 Å². The first-order valence-corrected chi connectivity index (χ1v) is 9.79. The molecule has 0 aliphatic rings. The fraction of sp³-hybridized carbons (Fsp3) is 0.526. The van der Waals surface area contributed by atoms with E-state index in [9.17, 15) is 0 Å². The van der Waals surface area contributed by atoms with Gasteiger partial charge in [-0.05, 0) is 38.8 Å². The Kier molecular flexibility index (Phi) is 9.65. The second-order valence-electron chi connectivity index (χ2n) is 5.86. The van der Waals surface area contributed by atoms with Crippen molar-refractivity contribution in [2.75, 3.05) is 32.8 Å². The van der Waals surface area contributed by atoms with E-state index in [1.165, 1.54) is 0 Å². The Hall–Kier alpha value is -2.12. The van der Waals surface area contributed by atoms with Crippen molar-refractivity contribution in [1.29, 1.82) is 0 Å². The number of nitrogens with one attached hydrogen (secondary N) is 2. The minimum atomic E-state index is 0.544. The Balaban J connectivity index is 1.77. The zero-order valence-corrected chi connectivity index (χ0v) is 16.8. The highest BCUT2D eigenvalue weighted by Gasteiger charge is 2.09. The molecule has 0 unspecified atom stereocenters. The second-order valence-corrected chi connectivity index (χ2v) is 6.30. The highest BCUT2D eigenvalue weighted by atomic mass is 35.5. The third kappa shape index (κ3) is 7.97. The Labute approximate surface area is 165 Å². The average Bonchev–Trinajstić information content (AvgIpc) is 3.13. The summed E-state index contributed by atoms with van der Waals surface area (Å²) in [7, 11) is 0. The topological polar surface area (TPSA) is 84.6 Å². The number of aromatic nitrogens is 2. The normalized spacial score (nSPS) is 11.6. The van der Waals surface area contributed by atoms with Gasteiger partial charge >= 0.3 is 0 Å². The lowest BCUT2D eigenvalue weighted by Gasteiger charge is -2.10. The average molecular weight is 394 g/mol. The Bertz CT molecular complexity index is 705. The lowest BCUT2D eigenvalue weighted by atomic mass is 10.2. The number of unbranched alkanes of at least 4 members (excludes halogenated alkanes) is 1. The number of hydrogen-bond acceptors (Lipinski definition) is 5. The predicted octanol–water partition coefficient (Wildman–Crippen LogP) is 3.30. The molecule has 27 heavy (non-hydrogen) atoms. The molecule has 7 nitrogen and oxygen atoms in total. The van der Waals surface area contributed by atoms with Crippen LogP contribution in [0.3, 0.4) is 0 Å². The van der Waals surface area contributed by atoms with Crippen LogP contribution in [0.5, 0.6) is 0 Å². The fourth-order valence-corrected chi connectivity index (χ4v) is 2.57. The Morgan fingerprint density at radius 3 is 2.93 bits per heavy atom. The molecule has 0 aliphatic heterocycles. The third-order valence-electron chi connectivity index (χ3n) is 3.70. The van der Waals surface area contributed by atoms with Crippen molar-refractivity contribution in [2.45, 2.75) is 33.1 Å². The standard InChI is InChI=1S/C19H28ClN5O2/c1-3-21-19(22-11-5-6-13-26-4-2)23-12-10-17-24-18(25-27-17)15-8-7-9-16(20)14-15/h7-9,14H,3-6,10-13H2,1-2H3,(H2,21,22,23). The lowest BCUT2D eigenvalue weighted by Crippen LogP contribution is -2.38. The molecule has 0 atom stereocenters. The summed E-state index contributed by atoms with van der Waals surface area (Å²) in [4.78, 5) is 8.98. The van der Waals surface area contributed by atoms with E-state index in [0.717, 1.165) is 50.7 Å². The van der Waals surface area contributed by atoms with Gasteiger partial charge in [-0.1, -0.05) is 28.9 Å². The van der Waals surface area contributed by atoms with Crippen molar-refractivity contribution < 1.29 is 9.26 Å². The first-order valence-electron chi connectivity index (χ1n) is 9.41. The summed E-state index contributed by atoms with van der Waals surface area (Å²) in [6, 6.07) is 7.40. The van der Waals surface area contributed by atoms with Crippen LogP contribution in [-0.4, -0.2) is 48.9 Å². The van der Waals surface area contributed by atoms with Gasteiger partial charge in [0.2, 0.25) is 11.7 Å². The van der Waals surface area contributed by atoms with Crippen LogP contribution in [-0.2, 0) is 11.2 Å². The summed E-state index contributed by atoms with van der Waals surface area (Å²) in [5.74, 6) is 1.91. The molecule has 2 rings (SSSR count). The van der Waals surface area contributed by atoms with E-state index in [0.29, 0.717) is 29.7 Å². The van der Waals surface area contributed by atoms with E-state index in [1.807, 2.05) is 38.1 Å². The fourth-order valence-electron chi connectivity index (χ4n) is 2.38. The predicted molar refractivity (Wildman–Crippen MR) is 108 cm³/mol. The van der Waals surface area contributed by atoms with Gasteiger partial charge in [0.1, 0.15) is 0 Å². The number of guanidine groups is 1. The van der Waals surface area contributed by atoms with E-state index in [2.05, 4.69) is 25.8 Å². The zero-order chi connectivity index (χ0) is 19.3. The van der Waals surface area contributed by atoms with Crippen LogP contribution in [0.4, 0.5) is 0 Å². The van der Waals surface area contributed by atoms with Crippen molar-refractivity contribution in [3.8, 4) is 11.4 Å². The van der Waals surface area contributed by atoms with Gasteiger partial charge in [0, 0.05) is 49.9 Å². The third-order valence-corrected chi connectivity index (χ3v) is 3.93. The summed E-state index contributed by atoms with van der Waals surface area (Å²) < 4.78 is 10.7. The maximum Gasteiger partial charge on any atom is 0.228 e. The number of nitrogens with zero attached hydrogens (tertiary/aromatic N) is 3. The number of rotatable bonds is 11. The van der Waals surface area contributed by atoms with Gasteiger partial charge in [0.15, 0.2) is 5.96 Å². The Morgan fingerprint density at radius 1 is 1.26 bits per heavy atom. The van der Waals surface area contributed by atoms with E-state index < -0.39 is 0 Å². The first-order chi connectivity index (χ1) is 13.2. The van der Waals surface area contributed by atoms with Gasteiger partial charge in [-0.2, -0.15) is 4.98 Å². The molecule has 2 aromatic rings. The molecule has 0 amide bonds. The molecule has 0 aliphatic carbocycles. The first kappa shape index (κ1) is 21.2. The van der Waals surface area contributed by atoms with Gasteiger partial charge < -0.3 is 19.9 Å². The number of benzene rings is 1. The largest absolute Gasteiger partial charge is 0.382 e. The summed E-state index contributed by atoms with van der Waals surface area (Å²) >= 11 is 6.00. The smallest absolute Gasteiger partial charge is 0.228 e. The maximum absolute atomic E-state index is 6.00. The summed E-state index contributed by atoms with van der Waals surface area (Å²) in [5, 5.41) is 11.2. The van der Waals surface area contributed by atoms with Crippen LogP contribution >= 0.6 is 11.6 Å². The molecule has 2 N–H and O–H groups in total. The summed E-state index contributed by atoms with van der Waals surface area (Å²) in [6.45, 7) is 7.84. The summed E-state index contributed by atoms with van der Waals surface area (Å²) in [5.41, 5.74) is 0.840. The molecule has 0 saturated carbocycles. The molecule has 0 spiro atoms. The number of ether oxygens (including phenoxy) is 1. The molecular formula is C19H28ClN5O2. The molecule has 148 valence electrons. The highest BCUT2D eigenvalue weighted by molar-refractivity contribution is 6.30. The van der Waals surface area contributed by atoms with E-state index >= 15 is 0 Å². The summed E-state index contributed by atoms with van der Waals surface area (Å²) in [6.07, 6.45) is 2.64. The van der Waals surface area contributed by atoms with Crippen molar-refractivity contribution in [2.24, 2.45) is 4.99 Å². The van der Waals surface area contributed by atoms with Crippen molar-refractivity contribution >= 4 is 17.6 Å². The van der Waals surface area contributed by atoms with Crippen molar-refractivity contribution in [3.05, 3.63) is 35.2 Å². The molecular weight excluding hydrogens is 366 g/mol. The van der Waals surface area contributed by atoms with Crippen LogP contribution in [0.2, 0.25) is 5.02 Å². The van der Waals surface area contributed by atoms with Crippen LogP contribution in [0.25, 0.3) is 11.4 Å². The minimum absolute atomic E-state index is 0.544. The monoisotopic (exact) mass is 393 g/mol. The Morgan fingerprint density at radius 2 is 2.15 bits per heavy atom. The van der Waals surface area contributed by atoms with Gasteiger partial charge in [-0.25, -0.2) is 0 Å². The van der Waals surface area contributed by atoms with Gasteiger partial charge in [-0.3, -0.25) is 4.99 Å². The van der Waals surface area contributed by atoms with Crippen LogP contribution in [0, 0.1) is 0 Å². The van der Waals surface area contributed by atoms with Gasteiger partial charge in [0.25, 0.3) is 0 Å². The van der Waals surface area contributed by atoms with E-state index in [4.69, 9.17) is 20.9 Å². The molecule has 8 heteroatoms. The van der Waals surface area contributed by atoms with Crippen LogP contribution < -0.4 is 10.6 Å². The van der Waals surface area contributed by atoms with Gasteiger partial charge in [-0.15, -0.1) is 0 Å². The van der Waals surface area contributed by atoms with E-state index in [1.54, 1.807) is 0 Å². The molecule has 1 aromatic heterocycles. The number of hydrogen-bond donors (Lipinski definition) is 2. The van der Waals surface area contributed by atoms with Crippen molar-refractivity contribution in [1.82, 2.24) is 20.8 Å². The lowest BCUT2D eigenvalue weighted by molar-refractivity contribution is 0.144. The maximum atomic E-state index is 6.00. The van der Waals surface area contributed by atoms with Crippen LogP contribution in [0.1, 0.15) is 32.6 Å². The molecule has 0 saturated heterocycles. The zero-order valence-electron chi connectivity index (χ0n) is 16.0. The minimum Gasteiger partial charge on any atom is -0.382 e. The molecule has 1 heterocycles. The quantitative estimate of drug-likeness (QED) is 0.346. The number of halogens is 1. The van der Waals surface area contributed by atoms with Crippen LogP contribution in [0.15, 0.2) is 33.8 Å². The van der Waals surface area contributed by atoms with Gasteiger partial charge in [0.05, 0.1) is 0 Å². The molecule has 1 aromatic carbocycles. The second kappa shape index (κ2) is 12.3. The van der Waals surface area contributed by atoms with Crippen molar-refractivity contribution in [3.63, 3.8) is 0 Å². The number of aliphatic imine (C=N–C) groups is 1. The highest BCUT2D eigenvalue weighted by Crippen LogP contribution is 2.19. The molecule has 0 fully saturated rings. The molecule has 0 radical (unpaired) electrons.